The Bertz CT molecular complexity index is 773. The van der Waals surface area contributed by atoms with Crippen molar-refractivity contribution >= 4 is 11.6 Å². The molecule has 2 aromatic heterocycles. The molecule has 5 rings (SSSR count). The van der Waals surface area contributed by atoms with Crippen LogP contribution in [0, 0.1) is 5.92 Å². The van der Waals surface area contributed by atoms with Crippen LogP contribution in [0.4, 0.5) is 0 Å². The van der Waals surface area contributed by atoms with Crippen LogP contribution in [0.2, 0.25) is 0 Å². The molecule has 24 heavy (non-hydrogen) atoms. The largest absolute Gasteiger partial charge is 0.378 e. The monoisotopic (exact) mass is 328 g/mol. The molecule has 1 aliphatic carbocycles. The summed E-state index contributed by atoms with van der Waals surface area (Å²) in [5, 5.41) is 11.5. The van der Waals surface area contributed by atoms with Crippen LogP contribution in [0.1, 0.15) is 23.3 Å². The van der Waals surface area contributed by atoms with Crippen molar-refractivity contribution in [1.29, 1.82) is 0 Å². The maximum Gasteiger partial charge on any atom is 0.272 e. The minimum Gasteiger partial charge on any atom is -0.378 e. The predicted molar refractivity (Wildman–Crippen MR) is 84.5 cm³/mol. The molecular weight excluding hydrogens is 308 g/mol. The molecule has 2 atom stereocenters. The number of tetrazole rings is 1. The highest BCUT2D eigenvalue weighted by Gasteiger charge is 2.43. The molecule has 0 aromatic carbocycles. The molecule has 8 heteroatoms. The van der Waals surface area contributed by atoms with E-state index in [0.717, 1.165) is 25.6 Å². The van der Waals surface area contributed by atoms with Gasteiger partial charge in [0.25, 0.3) is 5.91 Å². The van der Waals surface area contributed by atoms with Gasteiger partial charge in [0, 0.05) is 25.7 Å². The van der Waals surface area contributed by atoms with Gasteiger partial charge in [-0.25, -0.2) is 0 Å². The molecule has 2 saturated heterocycles. The molecule has 8 nitrogen and oxygen atoms in total. The first kappa shape index (κ1) is 14.3. The Morgan fingerprint density at radius 3 is 3.00 bits per heavy atom. The first-order valence-electron chi connectivity index (χ1n) is 8.61. The molecule has 0 N–H and O–H groups in total. The van der Waals surface area contributed by atoms with Gasteiger partial charge in [-0.2, -0.15) is 4.52 Å². The fraction of sp³-hybridized carbons (Fsp3) is 0.625. The standard InChI is InChI=1S/C16H20N6O2/c23-16(13-2-1-3-15-17-18-19-22(13)15)20-6-7-21-12(8-20)9-24-10-14(21)11-4-5-11/h1-3,11-12,14H,4-10H2/t12-,14-/m1/s1. The van der Waals surface area contributed by atoms with E-state index in [1.54, 1.807) is 12.1 Å². The molecule has 0 radical (unpaired) electrons. The van der Waals surface area contributed by atoms with Crippen LogP contribution in [0.3, 0.4) is 0 Å². The minimum atomic E-state index is -0.0129. The van der Waals surface area contributed by atoms with Crippen molar-refractivity contribution in [3.8, 4) is 0 Å². The Hall–Kier alpha value is -2.06. The highest BCUT2D eigenvalue weighted by atomic mass is 16.5. The summed E-state index contributed by atoms with van der Waals surface area (Å²) in [5.74, 6) is 0.783. The van der Waals surface area contributed by atoms with Crippen LogP contribution in [0.25, 0.3) is 5.65 Å². The zero-order valence-electron chi connectivity index (χ0n) is 13.4. The second-order valence-electron chi connectivity index (χ2n) is 6.94. The molecular formula is C16H20N6O2. The zero-order valence-corrected chi connectivity index (χ0v) is 13.4. The summed E-state index contributed by atoms with van der Waals surface area (Å²) in [6.07, 6.45) is 2.64. The number of amides is 1. The normalized spacial score (nSPS) is 28.1. The SMILES string of the molecule is O=C(c1cccc2nnnn12)N1CCN2[C@@H](COC[C@@H]2C2CC2)C1. The van der Waals surface area contributed by atoms with Gasteiger partial charge in [-0.1, -0.05) is 6.07 Å². The topological polar surface area (TPSA) is 75.9 Å². The Morgan fingerprint density at radius 2 is 2.12 bits per heavy atom. The molecule has 4 heterocycles. The number of pyridine rings is 1. The van der Waals surface area contributed by atoms with Crippen molar-refractivity contribution in [2.24, 2.45) is 5.92 Å². The van der Waals surface area contributed by atoms with E-state index in [-0.39, 0.29) is 5.91 Å². The molecule has 1 saturated carbocycles. The third-order valence-electron chi connectivity index (χ3n) is 5.45. The van der Waals surface area contributed by atoms with Crippen molar-refractivity contribution in [3.05, 3.63) is 23.9 Å². The number of carbonyl (C=O) groups excluding carboxylic acids is 1. The Labute approximate surface area is 139 Å². The van der Waals surface area contributed by atoms with E-state index in [1.165, 1.54) is 17.4 Å². The fourth-order valence-electron chi connectivity index (χ4n) is 4.04. The van der Waals surface area contributed by atoms with Gasteiger partial charge in [-0.15, -0.1) is 5.10 Å². The zero-order chi connectivity index (χ0) is 16.1. The number of nitrogens with zero attached hydrogens (tertiary/aromatic N) is 6. The maximum atomic E-state index is 13.0. The number of rotatable bonds is 2. The Balaban J connectivity index is 1.37. The average Bonchev–Trinajstić information content (AvgIpc) is 3.36. The van der Waals surface area contributed by atoms with E-state index in [0.29, 0.717) is 36.6 Å². The number of aromatic nitrogens is 4. The Morgan fingerprint density at radius 1 is 1.21 bits per heavy atom. The lowest BCUT2D eigenvalue weighted by molar-refractivity contribution is -0.0817. The van der Waals surface area contributed by atoms with Gasteiger partial charge in [0.05, 0.1) is 19.3 Å². The quantitative estimate of drug-likeness (QED) is 0.776. The Kier molecular flexibility index (Phi) is 3.27. The maximum absolute atomic E-state index is 13.0. The van der Waals surface area contributed by atoms with Crippen LogP contribution >= 0.6 is 0 Å². The number of carbonyl (C=O) groups is 1. The summed E-state index contributed by atoms with van der Waals surface area (Å²) in [4.78, 5) is 17.4. The summed E-state index contributed by atoms with van der Waals surface area (Å²) in [7, 11) is 0. The van der Waals surface area contributed by atoms with Gasteiger partial charge < -0.3 is 9.64 Å². The lowest BCUT2D eigenvalue weighted by Crippen LogP contribution is -2.63. The highest BCUT2D eigenvalue weighted by molar-refractivity contribution is 5.93. The van der Waals surface area contributed by atoms with Crippen LogP contribution < -0.4 is 0 Å². The second kappa shape index (κ2) is 5.49. The van der Waals surface area contributed by atoms with Crippen molar-refractivity contribution in [2.45, 2.75) is 24.9 Å². The first-order valence-corrected chi connectivity index (χ1v) is 8.61. The van der Waals surface area contributed by atoms with Gasteiger partial charge >= 0.3 is 0 Å². The lowest BCUT2D eigenvalue weighted by Gasteiger charge is -2.48. The molecule has 1 amide bonds. The molecule has 0 spiro atoms. The molecule has 0 bridgehead atoms. The van der Waals surface area contributed by atoms with Gasteiger partial charge in [-0.05, 0) is 41.3 Å². The number of morpholine rings is 1. The fourth-order valence-corrected chi connectivity index (χ4v) is 4.04. The van der Waals surface area contributed by atoms with Gasteiger partial charge in [0.15, 0.2) is 5.65 Å². The van der Waals surface area contributed by atoms with Gasteiger partial charge in [-0.3, -0.25) is 9.69 Å². The molecule has 0 unspecified atom stereocenters. The molecule has 126 valence electrons. The van der Waals surface area contributed by atoms with Crippen molar-refractivity contribution in [1.82, 2.24) is 29.8 Å². The number of ether oxygens (including phenoxy) is 1. The lowest BCUT2D eigenvalue weighted by atomic mass is 10.0. The third kappa shape index (κ3) is 2.29. The first-order chi connectivity index (χ1) is 11.8. The molecule has 2 aliphatic heterocycles. The number of hydrogen-bond donors (Lipinski definition) is 0. The van der Waals surface area contributed by atoms with Gasteiger partial charge in [0.1, 0.15) is 5.69 Å². The van der Waals surface area contributed by atoms with E-state index in [4.69, 9.17) is 4.74 Å². The third-order valence-corrected chi connectivity index (χ3v) is 5.45. The average molecular weight is 328 g/mol. The highest BCUT2D eigenvalue weighted by Crippen LogP contribution is 2.38. The second-order valence-corrected chi connectivity index (χ2v) is 6.94. The van der Waals surface area contributed by atoms with Crippen LogP contribution in [-0.2, 0) is 4.74 Å². The van der Waals surface area contributed by atoms with E-state index in [2.05, 4.69) is 20.4 Å². The van der Waals surface area contributed by atoms with Crippen LogP contribution in [0.5, 0.6) is 0 Å². The summed E-state index contributed by atoms with van der Waals surface area (Å²) < 4.78 is 7.34. The number of fused-ring (bicyclic) bond motifs is 2. The molecule has 3 fully saturated rings. The van der Waals surface area contributed by atoms with Crippen LogP contribution in [0.15, 0.2) is 18.2 Å². The molecule has 2 aromatic rings. The van der Waals surface area contributed by atoms with Crippen molar-refractivity contribution in [2.75, 3.05) is 32.8 Å². The van der Waals surface area contributed by atoms with Gasteiger partial charge in [0.2, 0.25) is 0 Å². The summed E-state index contributed by atoms with van der Waals surface area (Å²) in [5.41, 5.74) is 1.11. The summed E-state index contributed by atoms with van der Waals surface area (Å²) in [6.45, 7) is 3.94. The smallest absolute Gasteiger partial charge is 0.272 e. The van der Waals surface area contributed by atoms with E-state index < -0.39 is 0 Å². The summed E-state index contributed by atoms with van der Waals surface area (Å²) >= 11 is 0. The number of hydrogen-bond acceptors (Lipinski definition) is 6. The van der Waals surface area contributed by atoms with E-state index in [9.17, 15) is 4.79 Å². The number of piperazine rings is 1. The van der Waals surface area contributed by atoms with Crippen molar-refractivity contribution in [3.63, 3.8) is 0 Å². The van der Waals surface area contributed by atoms with E-state index in [1.807, 2.05) is 11.0 Å². The van der Waals surface area contributed by atoms with Crippen LogP contribution in [-0.4, -0.2) is 80.7 Å². The van der Waals surface area contributed by atoms with Crippen molar-refractivity contribution < 1.29 is 9.53 Å². The van der Waals surface area contributed by atoms with E-state index >= 15 is 0 Å². The predicted octanol–water partition coefficient (Wildman–Crippen LogP) is 0.0595. The summed E-state index contributed by atoms with van der Waals surface area (Å²) in [6, 6.07) is 6.24. The molecule has 3 aliphatic rings. The minimum absolute atomic E-state index is 0.0129.